The third kappa shape index (κ3) is 2.03. The van der Waals surface area contributed by atoms with Crippen molar-refractivity contribution in [3.8, 4) is 0 Å². The van der Waals surface area contributed by atoms with Crippen LogP contribution >= 0.6 is 0 Å². The predicted octanol–water partition coefficient (Wildman–Crippen LogP) is 0.588. The molecule has 140 valence electrons. The number of hydrogen-bond acceptors (Lipinski definition) is 5. The standard InChI is InChI=1S/C14H21N.C4H6O6/c1-2-4-12-7-13-5-11(12,3-1)6-14(13,8-12)10-15-9-13;5-1(3(7)8)2(6)4(9)10/h15H,1-10H2;1-2,5-6H,(H,7,8)(H,9,10). The van der Waals surface area contributed by atoms with Gasteiger partial charge in [-0.3, -0.25) is 0 Å². The number of carboxylic acid groups (broad SMARTS) is 2. The number of aliphatic hydroxyl groups is 2. The van der Waals surface area contributed by atoms with Gasteiger partial charge >= 0.3 is 11.9 Å². The van der Waals surface area contributed by atoms with Crippen LogP contribution in [0.25, 0.3) is 0 Å². The summed E-state index contributed by atoms with van der Waals surface area (Å²) in [6.45, 7) is 2.74. The molecule has 6 rings (SSSR count). The molecular weight excluding hydrogens is 326 g/mol. The third-order valence-electron chi connectivity index (χ3n) is 8.25. The van der Waals surface area contributed by atoms with Crippen LogP contribution in [0.1, 0.15) is 51.4 Å². The minimum absolute atomic E-state index is 0.789. The molecule has 1 saturated heterocycles. The van der Waals surface area contributed by atoms with Crippen LogP contribution in [0.3, 0.4) is 0 Å². The Morgan fingerprint density at radius 3 is 1.40 bits per heavy atom. The second kappa shape index (κ2) is 5.18. The number of hydrogen-bond donors (Lipinski definition) is 5. The number of aliphatic carboxylic acids is 2. The van der Waals surface area contributed by atoms with Crippen LogP contribution in [-0.4, -0.2) is 57.7 Å². The predicted molar refractivity (Wildman–Crippen MR) is 86.8 cm³/mol. The number of carbonyl (C=O) groups is 2. The van der Waals surface area contributed by atoms with E-state index in [1.54, 1.807) is 51.4 Å². The summed E-state index contributed by atoms with van der Waals surface area (Å²) in [7, 11) is 0. The highest BCUT2D eigenvalue weighted by molar-refractivity contribution is 5.83. The zero-order chi connectivity index (χ0) is 18.1. The molecule has 0 amide bonds. The van der Waals surface area contributed by atoms with Crippen molar-refractivity contribution in [2.75, 3.05) is 13.1 Å². The van der Waals surface area contributed by atoms with Gasteiger partial charge in [0.15, 0.2) is 12.2 Å². The Balaban J connectivity index is 0.000000140. The lowest BCUT2D eigenvalue weighted by Crippen LogP contribution is -2.39. The van der Waals surface area contributed by atoms with Gasteiger partial charge < -0.3 is 25.7 Å². The first-order chi connectivity index (χ1) is 11.7. The fourth-order valence-corrected chi connectivity index (χ4v) is 7.59. The lowest BCUT2D eigenvalue weighted by molar-refractivity contribution is -0.165. The third-order valence-corrected chi connectivity index (χ3v) is 8.25. The van der Waals surface area contributed by atoms with Gasteiger partial charge in [0, 0.05) is 13.1 Å². The SMILES string of the molecule is C1CCC23CC45CNCC4(CC2(C1)C5)C3.O=C(O)C(O)C(O)C(=O)O. The lowest BCUT2D eigenvalue weighted by Gasteiger charge is -2.45. The molecule has 7 nitrogen and oxygen atoms in total. The van der Waals surface area contributed by atoms with Crippen molar-refractivity contribution in [2.24, 2.45) is 21.7 Å². The molecule has 5 N–H and O–H groups in total. The van der Waals surface area contributed by atoms with Crippen molar-refractivity contribution in [2.45, 2.75) is 63.6 Å². The van der Waals surface area contributed by atoms with E-state index in [2.05, 4.69) is 5.32 Å². The average Bonchev–Trinajstić information content (AvgIpc) is 3.23. The Morgan fingerprint density at radius 2 is 1.08 bits per heavy atom. The first kappa shape index (κ1) is 17.2. The highest BCUT2D eigenvalue weighted by Crippen LogP contribution is 2.90. The van der Waals surface area contributed by atoms with Gasteiger partial charge in [0.1, 0.15) is 0 Å². The molecule has 5 saturated carbocycles. The molecule has 1 aliphatic heterocycles. The number of aliphatic hydroxyl groups excluding tert-OH is 2. The summed E-state index contributed by atoms with van der Waals surface area (Å²) in [5.74, 6) is -3.54. The van der Waals surface area contributed by atoms with Crippen LogP contribution < -0.4 is 5.32 Å². The molecule has 7 heteroatoms. The van der Waals surface area contributed by atoms with E-state index in [-0.39, 0.29) is 0 Å². The summed E-state index contributed by atoms with van der Waals surface area (Å²) in [6, 6.07) is 0. The lowest BCUT2D eigenvalue weighted by atomic mass is 9.60. The van der Waals surface area contributed by atoms with E-state index >= 15 is 0 Å². The topological polar surface area (TPSA) is 127 Å². The molecular formula is C18H27NO6. The fourth-order valence-electron chi connectivity index (χ4n) is 7.59. The highest BCUT2D eigenvalue weighted by Gasteiger charge is 2.83. The molecule has 2 unspecified atom stereocenters. The van der Waals surface area contributed by atoms with Gasteiger partial charge in [-0.1, -0.05) is 12.8 Å². The van der Waals surface area contributed by atoms with Crippen molar-refractivity contribution in [3.05, 3.63) is 0 Å². The van der Waals surface area contributed by atoms with Gasteiger partial charge in [-0.15, -0.1) is 0 Å². The Kier molecular flexibility index (Phi) is 3.57. The van der Waals surface area contributed by atoms with Crippen LogP contribution in [0.4, 0.5) is 0 Å². The van der Waals surface area contributed by atoms with E-state index in [0.29, 0.717) is 0 Å². The van der Waals surface area contributed by atoms with Crippen LogP contribution in [0.15, 0.2) is 0 Å². The van der Waals surface area contributed by atoms with Crippen LogP contribution in [0, 0.1) is 21.7 Å². The maximum Gasteiger partial charge on any atom is 0.335 e. The summed E-state index contributed by atoms with van der Waals surface area (Å²) < 4.78 is 0. The first-order valence-electron chi connectivity index (χ1n) is 9.23. The Bertz CT molecular complexity index is 553. The van der Waals surface area contributed by atoms with Gasteiger partial charge in [0.25, 0.3) is 0 Å². The van der Waals surface area contributed by atoms with Crippen molar-refractivity contribution < 1.29 is 30.0 Å². The van der Waals surface area contributed by atoms with Gasteiger partial charge in [0.2, 0.25) is 0 Å². The summed E-state index contributed by atoms with van der Waals surface area (Å²) in [4.78, 5) is 19.5. The first-order valence-corrected chi connectivity index (χ1v) is 9.23. The Morgan fingerprint density at radius 1 is 0.720 bits per heavy atom. The minimum atomic E-state index is -2.27. The molecule has 0 aromatic carbocycles. The van der Waals surface area contributed by atoms with Crippen molar-refractivity contribution in [3.63, 3.8) is 0 Å². The van der Waals surface area contributed by atoms with Crippen LogP contribution in [0.2, 0.25) is 0 Å². The number of nitrogens with one attached hydrogen (secondary N) is 1. The molecule has 0 aromatic heterocycles. The second-order valence-electron chi connectivity index (χ2n) is 9.21. The molecule has 2 atom stereocenters. The van der Waals surface area contributed by atoms with E-state index < -0.39 is 24.1 Å². The normalized spacial score (nSPS) is 47.6. The summed E-state index contributed by atoms with van der Waals surface area (Å²) in [5, 5.41) is 36.3. The molecule has 25 heavy (non-hydrogen) atoms. The van der Waals surface area contributed by atoms with E-state index in [0.717, 1.165) is 21.7 Å². The Labute approximate surface area is 146 Å². The molecule has 5 aliphatic carbocycles. The highest BCUT2D eigenvalue weighted by atomic mass is 16.4. The van der Waals surface area contributed by atoms with Crippen molar-refractivity contribution in [1.82, 2.24) is 5.32 Å². The molecule has 6 fully saturated rings. The molecule has 0 radical (unpaired) electrons. The van der Waals surface area contributed by atoms with E-state index in [1.807, 2.05) is 0 Å². The number of rotatable bonds is 3. The zero-order valence-corrected chi connectivity index (χ0v) is 14.3. The molecule has 4 spiro atoms. The number of carboxylic acids is 2. The largest absolute Gasteiger partial charge is 0.479 e. The van der Waals surface area contributed by atoms with Crippen LogP contribution in [-0.2, 0) is 9.59 Å². The van der Waals surface area contributed by atoms with Crippen molar-refractivity contribution >= 4 is 11.9 Å². The van der Waals surface area contributed by atoms with Crippen LogP contribution in [0.5, 0.6) is 0 Å². The molecule has 1 heterocycles. The van der Waals surface area contributed by atoms with E-state index in [4.69, 9.17) is 20.4 Å². The Hall–Kier alpha value is -1.18. The second-order valence-corrected chi connectivity index (χ2v) is 9.21. The summed E-state index contributed by atoms with van der Waals surface area (Å²) >= 11 is 0. The fraction of sp³-hybridized carbons (Fsp3) is 0.889. The summed E-state index contributed by atoms with van der Waals surface area (Å²) in [6.07, 6.45) is 8.21. The van der Waals surface area contributed by atoms with Gasteiger partial charge in [0.05, 0.1) is 0 Å². The minimum Gasteiger partial charge on any atom is -0.479 e. The maximum absolute atomic E-state index is 9.77. The van der Waals surface area contributed by atoms with Crippen molar-refractivity contribution in [1.29, 1.82) is 0 Å². The zero-order valence-electron chi connectivity index (χ0n) is 14.3. The monoisotopic (exact) mass is 353 g/mol. The van der Waals surface area contributed by atoms with Gasteiger partial charge in [-0.05, 0) is 60.2 Å². The van der Waals surface area contributed by atoms with E-state index in [9.17, 15) is 9.59 Å². The summed E-state index contributed by atoms with van der Waals surface area (Å²) in [5.41, 5.74) is 3.29. The van der Waals surface area contributed by atoms with E-state index in [1.165, 1.54) is 13.1 Å². The van der Waals surface area contributed by atoms with Gasteiger partial charge in [-0.2, -0.15) is 0 Å². The molecule has 4 bridgehead atoms. The van der Waals surface area contributed by atoms with Gasteiger partial charge in [-0.25, -0.2) is 9.59 Å². The molecule has 6 aliphatic rings. The quantitative estimate of drug-likeness (QED) is 0.502. The smallest absolute Gasteiger partial charge is 0.335 e. The molecule has 0 aromatic rings. The average molecular weight is 353 g/mol. The maximum atomic E-state index is 9.77.